The van der Waals surface area contributed by atoms with Crippen LogP contribution in [0.15, 0.2) is 0 Å². The first-order chi connectivity index (χ1) is 3.46. The van der Waals surface area contributed by atoms with Crippen molar-refractivity contribution in [2.45, 2.75) is 33.7 Å². The Kier molecular flexibility index (Phi) is 38.6. The maximum Gasteiger partial charge on any atom is 0 e. The molecule has 0 saturated carbocycles. The molecule has 4 heteroatoms. The number of nitrogens with zero attached hydrogens (tertiary/aromatic N) is 1. The predicted molar refractivity (Wildman–Crippen MR) is 39.2 cm³/mol. The van der Waals surface area contributed by atoms with Gasteiger partial charge in [-0.2, -0.15) is 0 Å². The van der Waals surface area contributed by atoms with Gasteiger partial charge < -0.3 is 11.1 Å². The predicted octanol–water partition coefficient (Wildman–Crippen LogP) is 2.48. The van der Waals surface area contributed by atoms with Gasteiger partial charge in [-0.25, -0.2) is 5.71 Å². The Bertz CT molecular complexity index is 58.0. The van der Waals surface area contributed by atoms with Crippen molar-refractivity contribution in [1.82, 2.24) is 0 Å². The van der Waals surface area contributed by atoms with Crippen LogP contribution in [0.5, 0.6) is 0 Å². The summed E-state index contributed by atoms with van der Waals surface area (Å²) in [6, 6.07) is 0.0833. The van der Waals surface area contributed by atoms with Gasteiger partial charge in [0.2, 0.25) is 0 Å². The van der Waals surface area contributed by atoms with Crippen LogP contribution in [0.1, 0.15) is 27.7 Å². The van der Waals surface area contributed by atoms with Crippen LogP contribution in [0.2, 0.25) is 0 Å². The summed E-state index contributed by atoms with van der Waals surface area (Å²) >= 11 is 0. The van der Waals surface area contributed by atoms with Gasteiger partial charge in [0.1, 0.15) is 0 Å². The van der Waals surface area contributed by atoms with Crippen molar-refractivity contribution in [1.29, 1.82) is 0 Å². The van der Waals surface area contributed by atoms with Crippen molar-refractivity contribution in [2.24, 2.45) is 0 Å². The van der Waals surface area contributed by atoms with E-state index in [-0.39, 0.29) is 71.5 Å². The van der Waals surface area contributed by atoms with Gasteiger partial charge in [0, 0.05) is 65.4 Å². The minimum absolute atomic E-state index is 0. The normalized spacial score (nSPS) is 6.20. The molecular formula is C6H14N2Y2-2. The fourth-order valence-electron chi connectivity index (χ4n) is 0. The maximum absolute atomic E-state index is 7.97. The summed E-state index contributed by atoms with van der Waals surface area (Å²) in [5.74, 6) is 0. The molecule has 0 aromatic rings. The van der Waals surface area contributed by atoms with E-state index < -0.39 is 0 Å². The maximum atomic E-state index is 7.97. The Morgan fingerprint density at radius 3 is 1.20 bits per heavy atom. The first-order valence-corrected chi connectivity index (χ1v) is 2.67. The molecule has 0 aliphatic heterocycles. The summed E-state index contributed by atoms with van der Waals surface area (Å²) in [6.07, 6.45) is 0. The van der Waals surface area contributed by atoms with Gasteiger partial charge in [-0.15, -0.1) is 6.04 Å². The first kappa shape index (κ1) is 22.6. The second-order valence-corrected chi connectivity index (χ2v) is 2.10. The van der Waals surface area contributed by atoms with Gasteiger partial charge in [0.15, 0.2) is 0 Å². The molecular weight excluding hydrogens is 278 g/mol. The van der Waals surface area contributed by atoms with Crippen LogP contribution in [0.3, 0.4) is 0 Å². The number of hydrogen-bond acceptors (Lipinski definition) is 0. The summed E-state index contributed by atoms with van der Waals surface area (Å²) in [5.41, 5.74) is 7.00. The van der Waals surface area contributed by atoms with Crippen molar-refractivity contribution in [3.8, 4) is 0 Å². The molecule has 0 saturated heterocycles. The molecule has 1 N–H and O–H groups in total. The molecule has 0 amide bonds. The summed E-state index contributed by atoms with van der Waals surface area (Å²) < 4.78 is 0. The molecule has 2 radical (unpaired) electrons. The Hall–Kier alpha value is 1.84. The van der Waals surface area contributed by atoms with Gasteiger partial charge in [0.25, 0.3) is 0 Å². The van der Waals surface area contributed by atoms with E-state index in [1.165, 1.54) is 0 Å². The largest absolute Gasteiger partial charge is 0.812 e. The van der Waals surface area contributed by atoms with Crippen molar-refractivity contribution < 1.29 is 65.4 Å². The van der Waals surface area contributed by atoms with E-state index in [0.29, 0.717) is 5.71 Å². The van der Waals surface area contributed by atoms with E-state index in [2.05, 4.69) is 0 Å². The number of rotatable bonds is 0. The summed E-state index contributed by atoms with van der Waals surface area (Å²) in [5, 5.41) is 7.97. The smallest absolute Gasteiger partial charge is 0 e. The average Bonchev–Trinajstić information content (AvgIpc) is 1.25. The minimum atomic E-state index is 0. The SMILES string of the molecule is CC(C)=[N-].CC(C)[NH-].[Y].[Y]. The van der Waals surface area contributed by atoms with Crippen LogP contribution in [-0.2, 0) is 65.4 Å². The molecule has 0 aromatic carbocycles. The molecule has 10 heavy (non-hydrogen) atoms. The van der Waals surface area contributed by atoms with Crippen LogP contribution >= 0.6 is 0 Å². The zero-order valence-electron chi connectivity index (χ0n) is 7.18. The molecule has 0 bridgehead atoms. The van der Waals surface area contributed by atoms with Crippen molar-refractivity contribution >= 4 is 5.71 Å². The third-order valence-corrected chi connectivity index (χ3v) is 0. The van der Waals surface area contributed by atoms with Gasteiger partial charge in [-0.05, 0) is 0 Å². The topological polar surface area (TPSA) is 46.1 Å². The summed E-state index contributed by atoms with van der Waals surface area (Å²) in [6.45, 7) is 6.94. The van der Waals surface area contributed by atoms with Crippen LogP contribution in [0, 0.1) is 0 Å². The third kappa shape index (κ3) is 228. The Morgan fingerprint density at radius 2 is 1.20 bits per heavy atom. The van der Waals surface area contributed by atoms with Gasteiger partial charge in [-0.1, -0.05) is 27.7 Å². The molecule has 0 aliphatic carbocycles. The van der Waals surface area contributed by atoms with Crippen LogP contribution in [0.25, 0.3) is 11.1 Å². The fourth-order valence-corrected chi connectivity index (χ4v) is 0. The molecule has 0 heterocycles. The van der Waals surface area contributed by atoms with E-state index in [9.17, 15) is 0 Å². The van der Waals surface area contributed by atoms with E-state index in [1.807, 2.05) is 13.8 Å². The molecule has 0 spiro atoms. The van der Waals surface area contributed by atoms with Crippen LogP contribution < -0.4 is 0 Å². The number of nitrogens with one attached hydrogen (secondary N) is 1. The Labute approximate surface area is 114 Å². The second-order valence-electron chi connectivity index (χ2n) is 2.10. The molecule has 0 unspecified atom stereocenters. The average molecular weight is 292 g/mol. The van der Waals surface area contributed by atoms with Crippen molar-refractivity contribution in [3.05, 3.63) is 11.1 Å². The first-order valence-electron chi connectivity index (χ1n) is 2.67. The van der Waals surface area contributed by atoms with Crippen molar-refractivity contribution in [3.63, 3.8) is 0 Å². The minimum Gasteiger partial charge on any atom is -0.812 e. The van der Waals surface area contributed by atoms with Gasteiger partial charge in [-0.3, -0.25) is 0 Å². The second kappa shape index (κ2) is 17.1. The van der Waals surface area contributed by atoms with E-state index in [4.69, 9.17) is 11.1 Å². The van der Waals surface area contributed by atoms with Crippen LogP contribution in [-0.4, -0.2) is 11.8 Å². The molecule has 0 atom stereocenters. The Balaban J connectivity index is -0.0000000300. The summed E-state index contributed by atoms with van der Waals surface area (Å²) in [7, 11) is 0. The number of hydrogen-bond donors (Lipinski definition) is 0. The third-order valence-electron chi connectivity index (χ3n) is 0. The molecule has 0 rings (SSSR count). The van der Waals surface area contributed by atoms with Crippen LogP contribution in [0.4, 0.5) is 0 Å². The fraction of sp³-hybridized carbons (Fsp3) is 0.833. The molecule has 0 aromatic heterocycles. The molecule has 0 fully saturated rings. The zero-order chi connectivity index (χ0) is 7.15. The van der Waals surface area contributed by atoms with Gasteiger partial charge >= 0.3 is 0 Å². The van der Waals surface area contributed by atoms with E-state index in [1.54, 1.807) is 13.8 Å². The molecule has 56 valence electrons. The standard InChI is InChI=1S/C3H8N.C3H6N.2Y/c2*1-3(2)4;;/h3-4H,1-2H3;1-2H3;;/q2*-1;;. The molecule has 2 nitrogen and oxygen atoms in total. The zero-order valence-corrected chi connectivity index (χ0v) is 12.9. The quantitative estimate of drug-likeness (QED) is 0.616. The van der Waals surface area contributed by atoms with Crippen molar-refractivity contribution in [2.75, 3.05) is 0 Å². The molecule has 0 aliphatic rings. The summed E-state index contributed by atoms with van der Waals surface area (Å²) in [4.78, 5) is 0. The Morgan fingerprint density at radius 1 is 1.20 bits per heavy atom. The van der Waals surface area contributed by atoms with E-state index >= 15 is 0 Å². The monoisotopic (exact) mass is 292 g/mol. The van der Waals surface area contributed by atoms with Gasteiger partial charge in [0.05, 0.1) is 0 Å². The van der Waals surface area contributed by atoms with E-state index in [0.717, 1.165) is 0 Å².